The zero-order chi connectivity index (χ0) is 5.82. The molecule has 0 saturated heterocycles. The summed E-state index contributed by atoms with van der Waals surface area (Å²) in [6, 6.07) is 9.29. The van der Waals surface area contributed by atoms with Crippen molar-refractivity contribution in [1.82, 2.24) is 0 Å². The van der Waals surface area contributed by atoms with E-state index in [2.05, 4.69) is 0 Å². The summed E-state index contributed by atoms with van der Waals surface area (Å²) >= 11 is 0. The fraction of sp³-hybridized carbons (Fsp3) is 0.143. The van der Waals surface area contributed by atoms with Crippen LogP contribution < -0.4 is 48.8 Å². The molecule has 58 valence electrons. The van der Waals surface area contributed by atoms with Gasteiger partial charge in [-0.1, -0.05) is 35.9 Å². The van der Waals surface area contributed by atoms with Crippen LogP contribution in [0.2, 0.25) is 0 Å². The molecule has 5 heteroatoms. The zero-order valence-electron chi connectivity index (χ0n) is 6.97. The maximum atomic E-state index is 10.1. The molecule has 0 bridgehead atoms. The van der Waals surface area contributed by atoms with Crippen molar-refractivity contribution in [3.05, 3.63) is 35.9 Å². The van der Waals surface area contributed by atoms with Crippen molar-refractivity contribution in [1.29, 1.82) is 0 Å². The molecule has 1 rings (SSSR count). The van der Waals surface area contributed by atoms with Gasteiger partial charge in [-0.2, -0.15) is 0 Å². The first-order chi connectivity index (χ1) is 3.93. The van der Waals surface area contributed by atoms with Gasteiger partial charge in [0.15, 0.2) is 0 Å². The van der Waals surface area contributed by atoms with Crippen molar-refractivity contribution in [3.8, 4) is 0 Å². The van der Waals surface area contributed by atoms with E-state index in [0.717, 1.165) is 5.56 Å². The van der Waals surface area contributed by atoms with Crippen LogP contribution >= 0.6 is 0 Å². The van der Waals surface area contributed by atoms with E-state index in [4.69, 9.17) is 0 Å². The molecule has 0 heterocycles. The number of hydrogen-bond donors (Lipinski definition) is 0. The third-order valence-corrected chi connectivity index (χ3v) is 1.01. The molecule has 0 aromatic heterocycles. The van der Waals surface area contributed by atoms with Gasteiger partial charge in [0.25, 0.3) is 0 Å². The second-order valence-corrected chi connectivity index (χ2v) is 1.63. The third-order valence-electron chi connectivity index (χ3n) is 1.01. The van der Waals surface area contributed by atoms with E-state index in [-0.39, 0.29) is 73.3 Å². The first-order valence-corrected chi connectivity index (χ1v) is 2.55. The van der Waals surface area contributed by atoms with Gasteiger partial charge in [-0.3, -0.25) is 0 Å². The van der Waals surface area contributed by atoms with Crippen molar-refractivity contribution in [2.75, 3.05) is 0 Å². The smallest absolute Gasteiger partial charge is 1.00 e. The summed E-state index contributed by atoms with van der Waals surface area (Å²) in [6.07, 6.45) is 0. The number of rotatable bonds is 1. The number of hydrogen-bond acceptors (Lipinski definition) is 1. The Kier molecular flexibility index (Phi) is 28.3. The summed E-state index contributed by atoms with van der Waals surface area (Å²) < 4.78 is 0. The molecular weight excluding hydrogens is 202 g/mol. The Balaban J connectivity index is -0.0000000800. The van der Waals surface area contributed by atoms with Crippen LogP contribution in [0.1, 0.15) is 5.56 Å². The molecule has 0 spiro atoms. The van der Waals surface area contributed by atoms with Crippen molar-refractivity contribution in [2.45, 2.75) is 6.61 Å². The van der Waals surface area contributed by atoms with Crippen LogP contribution in [0, 0.1) is 0 Å². The quantitative estimate of drug-likeness (QED) is 0.421. The van der Waals surface area contributed by atoms with Gasteiger partial charge in [0, 0.05) is 0 Å². The molecule has 1 aromatic rings. The Morgan fingerprint density at radius 1 is 1.00 bits per heavy atom. The minimum Gasteiger partial charge on any atom is -1.00 e. The van der Waals surface area contributed by atoms with Gasteiger partial charge >= 0.3 is 41.9 Å². The summed E-state index contributed by atoms with van der Waals surface area (Å²) in [4.78, 5) is 0. The molecule has 0 radical (unpaired) electrons. The summed E-state index contributed by atoms with van der Waals surface area (Å²) in [5, 5.41) is 10.1. The van der Waals surface area contributed by atoms with E-state index in [1.54, 1.807) is 0 Å². The maximum absolute atomic E-state index is 10.1. The average molecular weight is 209 g/mol. The molecule has 1 aromatic carbocycles. The van der Waals surface area contributed by atoms with Gasteiger partial charge in [0.2, 0.25) is 0 Å². The van der Waals surface area contributed by atoms with Crippen molar-refractivity contribution < 1.29 is 48.8 Å². The summed E-state index contributed by atoms with van der Waals surface area (Å²) in [7, 11) is 0. The molecule has 12 heavy (non-hydrogen) atoms. The molecule has 0 aliphatic heterocycles. The van der Waals surface area contributed by atoms with E-state index >= 15 is 0 Å². The van der Waals surface area contributed by atoms with E-state index in [9.17, 15) is 5.11 Å². The van der Waals surface area contributed by atoms with E-state index in [1.807, 2.05) is 30.3 Å². The Labute approximate surface area is 113 Å². The van der Waals surface area contributed by atoms with Crippen LogP contribution in [0.25, 0.3) is 0 Å². The van der Waals surface area contributed by atoms with Gasteiger partial charge in [-0.25, -0.2) is 0 Å². The molecule has 1 nitrogen and oxygen atoms in total. The summed E-state index contributed by atoms with van der Waals surface area (Å²) in [5.74, 6) is 0. The van der Waals surface area contributed by atoms with Gasteiger partial charge < -0.3 is 29.9 Å². The maximum Gasteiger partial charge on any atom is 2.00 e. The van der Waals surface area contributed by atoms with Gasteiger partial charge in [-0.15, -0.1) is 6.61 Å². The Hall–Kier alpha value is 1.12. The molecule has 0 aliphatic carbocycles. The monoisotopic (exact) mass is 208 g/mol. The molecule has 0 N–H and O–H groups in total. The Morgan fingerprint density at radius 3 is 1.67 bits per heavy atom. The molecule has 0 fully saturated rings. The van der Waals surface area contributed by atoms with E-state index < -0.39 is 0 Å². The molecule has 0 amide bonds. The second-order valence-electron chi connectivity index (χ2n) is 1.63. The molecule has 0 saturated carbocycles. The summed E-state index contributed by atoms with van der Waals surface area (Å²) in [5.41, 5.74) is 0.854. The fourth-order valence-corrected chi connectivity index (χ4v) is 0.574. The first-order valence-electron chi connectivity index (χ1n) is 2.55. The van der Waals surface area contributed by atoms with E-state index in [0.29, 0.717) is 0 Å². The normalized spacial score (nSPS) is 6.08. The van der Waals surface area contributed by atoms with Crippen molar-refractivity contribution in [2.24, 2.45) is 0 Å². The predicted octanol–water partition coefficient (Wildman–Crippen LogP) is -8.82. The van der Waals surface area contributed by atoms with Gasteiger partial charge in [-0.05, 0) is 0 Å². The van der Waals surface area contributed by atoms with Crippen LogP contribution in [0.15, 0.2) is 30.3 Å². The third kappa shape index (κ3) is 9.21. The zero-order valence-corrected chi connectivity index (χ0v) is 9.89. The van der Waals surface area contributed by atoms with Gasteiger partial charge in [0.05, 0.1) is 0 Å². The minimum atomic E-state index is -0.110. The van der Waals surface area contributed by atoms with Crippen LogP contribution in [-0.4, -0.2) is 23.1 Å². The Morgan fingerprint density at radius 2 is 1.42 bits per heavy atom. The molecule has 0 atom stereocenters. The van der Waals surface area contributed by atoms with Crippen molar-refractivity contribution in [3.63, 3.8) is 0 Å². The first kappa shape index (κ1) is 23.2. The average Bonchev–Trinajstić information content (AvgIpc) is 1.90. The van der Waals surface area contributed by atoms with Crippen LogP contribution in [0.3, 0.4) is 0 Å². The molecule has 0 unspecified atom stereocenters. The minimum absolute atomic E-state index is 0. The van der Waals surface area contributed by atoms with Crippen LogP contribution in [0.5, 0.6) is 0 Å². The standard InChI is InChI=1S/C7H7O.2ClH.Li.Mg/c8-6-7-4-2-1-3-5-7;;;;/h1-5H,6H2;2*1H;;/q-1;;;+1;+2/p-2. The molecular formula is C7H7Cl2LiMgO. The predicted molar refractivity (Wildman–Crippen MR) is 35.9 cm³/mol. The SMILES string of the molecule is [Cl-].[Cl-].[Li+].[Mg+2].[O-]Cc1ccccc1. The van der Waals surface area contributed by atoms with Gasteiger partial charge in [0.1, 0.15) is 0 Å². The Bertz CT molecular complexity index is 163. The largest absolute Gasteiger partial charge is 2.00 e. The number of benzene rings is 1. The summed E-state index contributed by atoms with van der Waals surface area (Å²) in [6.45, 7) is -0.110. The van der Waals surface area contributed by atoms with E-state index in [1.165, 1.54) is 0 Å². The topological polar surface area (TPSA) is 23.1 Å². The number of halogens is 2. The van der Waals surface area contributed by atoms with Crippen LogP contribution in [0.4, 0.5) is 0 Å². The van der Waals surface area contributed by atoms with Crippen molar-refractivity contribution >= 4 is 23.1 Å². The fourth-order valence-electron chi connectivity index (χ4n) is 0.574. The van der Waals surface area contributed by atoms with Crippen LogP contribution in [-0.2, 0) is 6.61 Å². The second kappa shape index (κ2) is 14.6. The molecule has 0 aliphatic rings.